The zero-order chi connectivity index (χ0) is 12.9. The van der Waals surface area contributed by atoms with Crippen molar-refractivity contribution in [2.24, 2.45) is 0 Å². The minimum atomic E-state index is -0.557. The van der Waals surface area contributed by atoms with Gasteiger partial charge in [-0.15, -0.1) is 5.10 Å². The molecule has 2 aromatic heterocycles. The van der Waals surface area contributed by atoms with Gasteiger partial charge in [-0.25, -0.2) is 4.98 Å². The van der Waals surface area contributed by atoms with E-state index in [1.807, 2.05) is 13.8 Å². The highest BCUT2D eigenvalue weighted by Crippen LogP contribution is 2.46. The van der Waals surface area contributed by atoms with Gasteiger partial charge in [-0.05, 0) is 18.8 Å². The van der Waals surface area contributed by atoms with Crippen molar-refractivity contribution in [1.29, 1.82) is 5.26 Å². The third kappa shape index (κ3) is 1.44. The molecule has 1 aliphatic rings. The zero-order valence-electron chi connectivity index (χ0n) is 10.3. The topological polar surface area (TPSA) is 87.1 Å². The van der Waals surface area contributed by atoms with E-state index in [1.165, 1.54) is 4.52 Å². The van der Waals surface area contributed by atoms with E-state index in [-0.39, 0.29) is 11.8 Å². The van der Waals surface area contributed by atoms with Crippen LogP contribution in [0.5, 0.6) is 5.88 Å². The maximum atomic E-state index is 9.91. The molecule has 0 atom stereocenters. The molecule has 6 heteroatoms. The van der Waals surface area contributed by atoms with Crippen LogP contribution in [0.4, 0.5) is 0 Å². The Hall–Kier alpha value is -2.16. The van der Waals surface area contributed by atoms with Crippen molar-refractivity contribution in [2.75, 3.05) is 0 Å². The Morgan fingerprint density at radius 3 is 2.72 bits per heavy atom. The smallest absolute Gasteiger partial charge is 0.255 e. The summed E-state index contributed by atoms with van der Waals surface area (Å²) >= 11 is 0. The minimum Gasteiger partial charge on any atom is -0.493 e. The van der Waals surface area contributed by atoms with E-state index < -0.39 is 5.41 Å². The molecule has 0 aliphatic heterocycles. The number of fused-ring (bicyclic) bond motifs is 1. The zero-order valence-corrected chi connectivity index (χ0v) is 10.3. The van der Waals surface area contributed by atoms with Crippen LogP contribution in [-0.4, -0.2) is 24.7 Å². The summed E-state index contributed by atoms with van der Waals surface area (Å²) in [7, 11) is 0. The van der Waals surface area contributed by atoms with Crippen molar-refractivity contribution < 1.29 is 5.11 Å². The Kier molecular flexibility index (Phi) is 2.08. The number of nitriles is 1. The van der Waals surface area contributed by atoms with E-state index in [9.17, 15) is 5.11 Å². The fourth-order valence-electron chi connectivity index (χ4n) is 1.88. The molecule has 0 aromatic carbocycles. The lowest BCUT2D eigenvalue weighted by Crippen LogP contribution is -2.05. The van der Waals surface area contributed by atoms with Gasteiger partial charge in [0.1, 0.15) is 5.41 Å². The first kappa shape index (κ1) is 11.0. The predicted octanol–water partition coefficient (Wildman–Crippen LogP) is 1.51. The maximum Gasteiger partial charge on any atom is 0.255 e. The van der Waals surface area contributed by atoms with Crippen LogP contribution in [0, 0.1) is 11.3 Å². The third-order valence-electron chi connectivity index (χ3n) is 3.30. The summed E-state index contributed by atoms with van der Waals surface area (Å²) in [4.78, 5) is 8.63. The molecule has 0 bridgehead atoms. The third-order valence-corrected chi connectivity index (χ3v) is 3.30. The van der Waals surface area contributed by atoms with Gasteiger partial charge in [-0.2, -0.15) is 14.8 Å². The molecule has 0 unspecified atom stereocenters. The van der Waals surface area contributed by atoms with Crippen LogP contribution >= 0.6 is 0 Å². The second-order valence-corrected chi connectivity index (χ2v) is 5.04. The van der Waals surface area contributed by atoms with Gasteiger partial charge in [0.25, 0.3) is 5.78 Å². The Morgan fingerprint density at radius 1 is 1.44 bits per heavy atom. The van der Waals surface area contributed by atoms with Gasteiger partial charge >= 0.3 is 0 Å². The van der Waals surface area contributed by atoms with E-state index in [2.05, 4.69) is 21.1 Å². The first-order chi connectivity index (χ1) is 8.55. The number of hydrogen-bond donors (Lipinski definition) is 1. The first-order valence-electron chi connectivity index (χ1n) is 5.94. The molecule has 0 saturated heterocycles. The van der Waals surface area contributed by atoms with Crippen LogP contribution in [-0.2, 0) is 5.41 Å². The predicted molar refractivity (Wildman–Crippen MR) is 63.1 cm³/mol. The summed E-state index contributed by atoms with van der Waals surface area (Å²) in [6.45, 7) is 3.99. The molecule has 0 radical (unpaired) electrons. The van der Waals surface area contributed by atoms with Gasteiger partial charge in [0.05, 0.1) is 11.8 Å². The standard InChI is InChI=1S/C12H13N5O/c1-7(2)8-5-9(18)17-11(14-8)15-10(16-17)12(6-13)3-4-12/h5,7,18H,3-4H2,1-2H3. The molecule has 2 aromatic rings. The van der Waals surface area contributed by atoms with E-state index in [1.54, 1.807) is 6.07 Å². The lowest BCUT2D eigenvalue weighted by atomic mass is 10.1. The molecule has 1 N–H and O–H groups in total. The van der Waals surface area contributed by atoms with Gasteiger partial charge in [0.2, 0.25) is 5.88 Å². The van der Waals surface area contributed by atoms with E-state index in [0.29, 0.717) is 11.6 Å². The summed E-state index contributed by atoms with van der Waals surface area (Å²) in [5, 5.41) is 23.2. The quantitative estimate of drug-likeness (QED) is 0.863. The van der Waals surface area contributed by atoms with Gasteiger partial charge < -0.3 is 5.11 Å². The number of aromatic hydroxyl groups is 1. The highest BCUT2D eigenvalue weighted by Gasteiger charge is 2.49. The first-order valence-corrected chi connectivity index (χ1v) is 5.94. The number of aromatic nitrogens is 4. The van der Waals surface area contributed by atoms with Crippen LogP contribution < -0.4 is 0 Å². The largest absolute Gasteiger partial charge is 0.493 e. The highest BCUT2D eigenvalue weighted by molar-refractivity contribution is 5.39. The van der Waals surface area contributed by atoms with Crippen molar-refractivity contribution in [1.82, 2.24) is 19.6 Å². The average Bonchev–Trinajstić information content (AvgIpc) is 3.02. The number of hydrogen-bond acceptors (Lipinski definition) is 5. The molecule has 2 heterocycles. The SMILES string of the molecule is CC(C)c1cc(O)n2nc(C3(C#N)CC3)nc2n1. The Balaban J connectivity index is 2.18. The second-order valence-electron chi connectivity index (χ2n) is 5.04. The van der Waals surface area contributed by atoms with E-state index in [4.69, 9.17) is 5.26 Å². The van der Waals surface area contributed by atoms with Crippen LogP contribution in [0.2, 0.25) is 0 Å². The molecule has 1 aliphatic carbocycles. The van der Waals surface area contributed by atoms with E-state index in [0.717, 1.165) is 18.5 Å². The normalized spacial score (nSPS) is 17.0. The Morgan fingerprint density at radius 2 is 2.17 bits per heavy atom. The van der Waals surface area contributed by atoms with Gasteiger partial charge in [-0.1, -0.05) is 13.8 Å². The molecule has 1 fully saturated rings. The van der Waals surface area contributed by atoms with E-state index >= 15 is 0 Å². The van der Waals surface area contributed by atoms with Crippen molar-refractivity contribution >= 4 is 5.78 Å². The summed E-state index contributed by atoms with van der Waals surface area (Å²) in [5.41, 5.74) is 0.207. The number of nitrogens with zero attached hydrogens (tertiary/aromatic N) is 5. The van der Waals surface area contributed by atoms with Crippen molar-refractivity contribution in [3.05, 3.63) is 17.6 Å². The maximum absolute atomic E-state index is 9.91. The molecule has 1 saturated carbocycles. The molecule has 6 nitrogen and oxygen atoms in total. The molecule has 18 heavy (non-hydrogen) atoms. The molecule has 3 rings (SSSR count). The Labute approximate surface area is 104 Å². The van der Waals surface area contributed by atoms with Gasteiger partial charge in [-0.3, -0.25) is 0 Å². The van der Waals surface area contributed by atoms with Crippen molar-refractivity contribution in [3.63, 3.8) is 0 Å². The van der Waals surface area contributed by atoms with Crippen molar-refractivity contribution in [2.45, 2.75) is 38.0 Å². The molecular formula is C12H13N5O. The summed E-state index contributed by atoms with van der Waals surface area (Å²) in [6, 6.07) is 3.82. The Bertz CT molecular complexity index is 663. The van der Waals surface area contributed by atoms with Crippen LogP contribution in [0.25, 0.3) is 5.78 Å². The van der Waals surface area contributed by atoms with Gasteiger partial charge in [0, 0.05) is 6.07 Å². The fraction of sp³-hybridized carbons (Fsp3) is 0.500. The average molecular weight is 243 g/mol. The molecule has 0 amide bonds. The van der Waals surface area contributed by atoms with Crippen molar-refractivity contribution in [3.8, 4) is 11.9 Å². The van der Waals surface area contributed by atoms with Crippen LogP contribution in [0.1, 0.15) is 44.1 Å². The summed E-state index contributed by atoms with van der Waals surface area (Å²) in [6.07, 6.45) is 1.55. The lowest BCUT2D eigenvalue weighted by Gasteiger charge is -2.04. The fourth-order valence-corrected chi connectivity index (χ4v) is 1.88. The molecule has 0 spiro atoms. The van der Waals surface area contributed by atoms with Gasteiger partial charge in [0.15, 0.2) is 5.82 Å². The summed E-state index contributed by atoms with van der Waals surface area (Å²) in [5.74, 6) is 1.03. The highest BCUT2D eigenvalue weighted by atomic mass is 16.3. The molecule has 92 valence electrons. The molecular weight excluding hydrogens is 230 g/mol. The summed E-state index contributed by atoms with van der Waals surface area (Å²) < 4.78 is 1.29. The monoisotopic (exact) mass is 243 g/mol. The second kappa shape index (κ2) is 3.42. The minimum absolute atomic E-state index is 0.0104. The number of rotatable bonds is 2. The lowest BCUT2D eigenvalue weighted by molar-refractivity contribution is 0.432. The van der Waals surface area contributed by atoms with Crippen LogP contribution in [0.3, 0.4) is 0 Å². The van der Waals surface area contributed by atoms with Crippen LogP contribution in [0.15, 0.2) is 6.07 Å².